The lowest BCUT2D eigenvalue weighted by Crippen LogP contribution is -2.37. The van der Waals surface area contributed by atoms with Crippen LogP contribution in [-0.4, -0.2) is 45.3 Å². The lowest BCUT2D eigenvalue weighted by molar-refractivity contribution is 0.0600. The first-order chi connectivity index (χ1) is 13.0. The van der Waals surface area contributed by atoms with Gasteiger partial charge in [0.05, 0.1) is 42.2 Å². The SMILES string of the molecule is COC(=O)c1cc(NC(=O)c2c(F)cccc2Cl)ccc1N1CCOCC1. The van der Waals surface area contributed by atoms with Gasteiger partial charge in [0.25, 0.3) is 5.91 Å². The van der Waals surface area contributed by atoms with Gasteiger partial charge in [0, 0.05) is 18.8 Å². The van der Waals surface area contributed by atoms with E-state index in [2.05, 4.69) is 5.32 Å². The lowest BCUT2D eigenvalue weighted by atomic mass is 10.1. The summed E-state index contributed by atoms with van der Waals surface area (Å²) in [6.07, 6.45) is 0. The van der Waals surface area contributed by atoms with Gasteiger partial charge in [-0.3, -0.25) is 4.79 Å². The monoisotopic (exact) mass is 392 g/mol. The molecule has 1 amide bonds. The molecule has 0 bridgehead atoms. The molecule has 1 fully saturated rings. The van der Waals surface area contributed by atoms with E-state index in [1.807, 2.05) is 4.90 Å². The van der Waals surface area contributed by atoms with Gasteiger partial charge in [0.1, 0.15) is 5.82 Å². The summed E-state index contributed by atoms with van der Waals surface area (Å²) >= 11 is 5.93. The van der Waals surface area contributed by atoms with Crippen molar-refractivity contribution in [2.45, 2.75) is 0 Å². The minimum atomic E-state index is -0.724. The van der Waals surface area contributed by atoms with E-state index >= 15 is 0 Å². The number of halogens is 2. The Kier molecular flexibility index (Phi) is 5.93. The van der Waals surface area contributed by atoms with Crippen molar-refractivity contribution >= 4 is 34.9 Å². The molecule has 1 saturated heterocycles. The summed E-state index contributed by atoms with van der Waals surface area (Å²) in [6.45, 7) is 2.40. The number of esters is 1. The van der Waals surface area contributed by atoms with Crippen molar-refractivity contribution in [2.24, 2.45) is 0 Å². The highest BCUT2D eigenvalue weighted by atomic mass is 35.5. The first-order valence-electron chi connectivity index (χ1n) is 8.31. The molecule has 3 rings (SSSR count). The molecule has 0 unspecified atom stereocenters. The summed E-state index contributed by atoms with van der Waals surface area (Å²) < 4.78 is 24.1. The summed E-state index contributed by atoms with van der Waals surface area (Å²) in [6, 6.07) is 8.87. The van der Waals surface area contributed by atoms with Crippen LogP contribution in [0.15, 0.2) is 36.4 Å². The summed E-state index contributed by atoms with van der Waals surface area (Å²) in [4.78, 5) is 26.6. The number of benzene rings is 2. The van der Waals surface area contributed by atoms with Crippen LogP contribution in [-0.2, 0) is 9.47 Å². The third-order valence-corrected chi connectivity index (χ3v) is 4.52. The van der Waals surface area contributed by atoms with Crippen molar-refractivity contribution in [3.8, 4) is 0 Å². The molecule has 1 aliphatic rings. The first-order valence-corrected chi connectivity index (χ1v) is 8.69. The summed E-state index contributed by atoms with van der Waals surface area (Å²) in [5.74, 6) is -1.96. The van der Waals surface area contributed by atoms with Crippen molar-refractivity contribution in [3.63, 3.8) is 0 Å². The Morgan fingerprint density at radius 1 is 1.22 bits per heavy atom. The fourth-order valence-corrected chi connectivity index (χ4v) is 3.12. The number of hydrogen-bond donors (Lipinski definition) is 1. The molecule has 2 aromatic rings. The van der Waals surface area contributed by atoms with Crippen LogP contribution < -0.4 is 10.2 Å². The number of carbonyl (C=O) groups excluding carboxylic acids is 2. The zero-order valence-corrected chi connectivity index (χ0v) is 15.4. The van der Waals surface area contributed by atoms with Crippen LogP contribution in [0, 0.1) is 5.82 Å². The highest BCUT2D eigenvalue weighted by Gasteiger charge is 2.21. The average molecular weight is 393 g/mol. The van der Waals surface area contributed by atoms with E-state index in [0.29, 0.717) is 43.2 Å². The fraction of sp³-hybridized carbons (Fsp3) is 0.263. The number of hydrogen-bond acceptors (Lipinski definition) is 5. The Bertz CT molecular complexity index is 849. The zero-order chi connectivity index (χ0) is 19.4. The van der Waals surface area contributed by atoms with Crippen molar-refractivity contribution in [1.29, 1.82) is 0 Å². The molecule has 142 valence electrons. The highest BCUT2D eigenvalue weighted by Crippen LogP contribution is 2.27. The molecule has 6 nitrogen and oxygen atoms in total. The number of nitrogens with zero attached hydrogens (tertiary/aromatic N) is 1. The predicted octanol–water partition coefficient (Wildman–Crippen LogP) is 3.35. The molecular weight excluding hydrogens is 375 g/mol. The Labute approximate surface area is 160 Å². The van der Waals surface area contributed by atoms with Crippen LogP contribution in [0.5, 0.6) is 0 Å². The molecule has 27 heavy (non-hydrogen) atoms. The molecule has 0 spiro atoms. The standard InChI is InChI=1S/C19H18ClFN2O4/c1-26-19(25)13-11-12(5-6-16(13)23-7-9-27-10-8-23)22-18(24)17-14(20)3-2-4-15(17)21/h2-6,11H,7-10H2,1H3,(H,22,24). The average Bonchev–Trinajstić information content (AvgIpc) is 2.68. The number of methoxy groups -OCH3 is 1. The molecule has 1 heterocycles. The van der Waals surface area contributed by atoms with Crippen molar-refractivity contribution in [2.75, 3.05) is 43.6 Å². The molecule has 0 saturated carbocycles. The number of rotatable bonds is 4. The largest absolute Gasteiger partial charge is 0.465 e. The molecular formula is C19H18ClFN2O4. The van der Waals surface area contributed by atoms with E-state index in [1.54, 1.807) is 12.1 Å². The second kappa shape index (κ2) is 8.37. The molecule has 8 heteroatoms. The van der Waals surface area contributed by atoms with Gasteiger partial charge in [-0.15, -0.1) is 0 Å². The summed E-state index contributed by atoms with van der Waals surface area (Å²) in [7, 11) is 1.29. The van der Waals surface area contributed by atoms with Gasteiger partial charge in [0.2, 0.25) is 0 Å². The van der Waals surface area contributed by atoms with E-state index in [-0.39, 0.29) is 10.6 Å². The van der Waals surface area contributed by atoms with Crippen LogP contribution in [0.2, 0.25) is 5.02 Å². The maximum atomic E-state index is 13.9. The minimum Gasteiger partial charge on any atom is -0.465 e. The highest BCUT2D eigenvalue weighted by molar-refractivity contribution is 6.34. The van der Waals surface area contributed by atoms with Gasteiger partial charge in [0.15, 0.2) is 0 Å². The molecule has 0 radical (unpaired) electrons. The minimum absolute atomic E-state index is 0.00521. The van der Waals surface area contributed by atoms with Gasteiger partial charge < -0.3 is 19.7 Å². The number of ether oxygens (including phenoxy) is 2. The zero-order valence-electron chi connectivity index (χ0n) is 14.6. The summed E-state index contributed by atoms with van der Waals surface area (Å²) in [5, 5.41) is 2.58. The number of nitrogens with one attached hydrogen (secondary N) is 1. The van der Waals surface area contributed by atoms with Crippen LogP contribution in [0.3, 0.4) is 0 Å². The van der Waals surface area contributed by atoms with Crippen molar-refractivity contribution < 1.29 is 23.5 Å². The van der Waals surface area contributed by atoms with Gasteiger partial charge in [-0.1, -0.05) is 17.7 Å². The maximum absolute atomic E-state index is 13.9. The summed E-state index contributed by atoms with van der Waals surface area (Å²) in [5.41, 5.74) is 1.07. The normalized spacial score (nSPS) is 14.0. The van der Waals surface area contributed by atoms with Crippen LogP contribution in [0.4, 0.5) is 15.8 Å². The van der Waals surface area contributed by atoms with E-state index in [9.17, 15) is 14.0 Å². The van der Waals surface area contributed by atoms with Crippen LogP contribution in [0.25, 0.3) is 0 Å². The smallest absolute Gasteiger partial charge is 0.340 e. The van der Waals surface area contributed by atoms with Gasteiger partial charge in [-0.05, 0) is 30.3 Å². The quantitative estimate of drug-likeness (QED) is 0.808. The van der Waals surface area contributed by atoms with Gasteiger partial charge in [-0.25, -0.2) is 9.18 Å². The van der Waals surface area contributed by atoms with E-state index in [4.69, 9.17) is 21.1 Å². The second-order valence-electron chi connectivity index (χ2n) is 5.87. The first kappa shape index (κ1) is 19.1. The lowest BCUT2D eigenvalue weighted by Gasteiger charge is -2.30. The Morgan fingerprint density at radius 2 is 1.96 bits per heavy atom. The third kappa shape index (κ3) is 4.20. The van der Waals surface area contributed by atoms with Gasteiger partial charge in [-0.2, -0.15) is 0 Å². The molecule has 0 aliphatic carbocycles. The van der Waals surface area contributed by atoms with Crippen LogP contribution >= 0.6 is 11.6 Å². The predicted molar refractivity (Wildman–Crippen MR) is 100 cm³/mol. The molecule has 0 aromatic heterocycles. The molecule has 2 aromatic carbocycles. The number of carbonyl (C=O) groups is 2. The van der Waals surface area contributed by atoms with E-state index in [0.717, 1.165) is 6.07 Å². The third-order valence-electron chi connectivity index (χ3n) is 4.20. The van der Waals surface area contributed by atoms with Crippen LogP contribution in [0.1, 0.15) is 20.7 Å². The molecule has 1 N–H and O–H groups in total. The maximum Gasteiger partial charge on any atom is 0.340 e. The van der Waals surface area contributed by atoms with E-state index < -0.39 is 17.7 Å². The van der Waals surface area contributed by atoms with Crippen molar-refractivity contribution in [3.05, 3.63) is 58.4 Å². The number of amides is 1. The van der Waals surface area contributed by atoms with Crippen molar-refractivity contribution in [1.82, 2.24) is 0 Å². The number of morpholine rings is 1. The fourth-order valence-electron chi connectivity index (χ4n) is 2.88. The number of anilines is 2. The second-order valence-corrected chi connectivity index (χ2v) is 6.28. The topological polar surface area (TPSA) is 67.9 Å². The molecule has 1 aliphatic heterocycles. The Balaban J connectivity index is 1.90. The Morgan fingerprint density at radius 3 is 2.63 bits per heavy atom. The van der Waals surface area contributed by atoms with E-state index in [1.165, 1.54) is 25.3 Å². The van der Waals surface area contributed by atoms with Gasteiger partial charge >= 0.3 is 5.97 Å². The Hall–Kier alpha value is -2.64. The molecule has 0 atom stereocenters.